The molecular formula is C9H13N5. The summed E-state index contributed by atoms with van der Waals surface area (Å²) >= 11 is 0. The zero-order chi connectivity index (χ0) is 10.6. The molecule has 14 heavy (non-hydrogen) atoms. The Morgan fingerprint density at radius 1 is 1.50 bits per heavy atom. The molecule has 0 saturated heterocycles. The van der Waals surface area contributed by atoms with E-state index in [0.717, 1.165) is 5.82 Å². The van der Waals surface area contributed by atoms with Crippen molar-refractivity contribution in [1.29, 1.82) is 5.26 Å². The molecule has 0 spiro atoms. The van der Waals surface area contributed by atoms with Crippen LogP contribution in [0, 0.1) is 11.3 Å². The Morgan fingerprint density at radius 2 is 2.21 bits per heavy atom. The molecule has 74 valence electrons. The number of hydrogen-bond donors (Lipinski definition) is 2. The lowest BCUT2D eigenvalue weighted by Gasteiger charge is -2.16. The van der Waals surface area contributed by atoms with E-state index in [4.69, 9.17) is 16.7 Å². The van der Waals surface area contributed by atoms with Crippen molar-refractivity contribution in [1.82, 2.24) is 4.98 Å². The van der Waals surface area contributed by atoms with E-state index in [0.29, 0.717) is 24.5 Å². The van der Waals surface area contributed by atoms with Crippen molar-refractivity contribution in [2.24, 2.45) is 0 Å². The standard InChI is InChI=1S/C9H13N5/c1-14(6-2-5-10)8-4-3-7(11)9(12)13-8/h3-4H,2,6,11H2,1H3,(H2,12,13). The number of rotatable bonds is 3. The highest BCUT2D eigenvalue weighted by Crippen LogP contribution is 2.17. The molecule has 0 radical (unpaired) electrons. The Bertz CT molecular complexity index is 355. The highest BCUT2D eigenvalue weighted by atomic mass is 15.2. The van der Waals surface area contributed by atoms with Crippen LogP contribution in [0.3, 0.4) is 0 Å². The molecule has 0 bridgehead atoms. The maximum absolute atomic E-state index is 8.42. The molecule has 0 aromatic carbocycles. The molecule has 5 heteroatoms. The number of nitrogens with zero attached hydrogens (tertiary/aromatic N) is 3. The van der Waals surface area contributed by atoms with Crippen molar-refractivity contribution >= 4 is 17.3 Å². The van der Waals surface area contributed by atoms with Gasteiger partial charge in [0.15, 0.2) is 0 Å². The molecule has 0 fully saturated rings. The van der Waals surface area contributed by atoms with Gasteiger partial charge < -0.3 is 16.4 Å². The normalized spacial score (nSPS) is 9.43. The summed E-state index contributed by atoms with van der Waals surface area (Å²) in [6, 6.07) is 5.56. The van der Waals surface area contributed by atoms with Crippen molar-refractivity contribution in [3.05, 3.63) is 12.1 Å². The molecule has 0 aliphatic rings. The zero-order valence-electron chi connectivity index (χ0n) is 8.07. The minimum Gasteiger partial charge on any atom is -0.396 e. The highest BCUT2D eigenvalue weighted by molar-refractivity contribution is 5.61. The van der Waals surface area contributed by atoms with E-state index in [9.17, 15) is 0 Å². The number of nitriles is 1. The molecule has 1 aromatic heterocycles. The van der Waals surface area contributed by atoms with E-state index >= 15 is 0 Å². The number of aromatic nitrogens is 1. The Hall–Kier alpha value is -1.96. The van der Waals surface area contributed by atoms with Gasteiger partial charge in [-0.1, -0.05) is 0 Å². The average Bonchev–Trinajstić information content (AvgIpc) is 2.18. The second kappa shape index (κ2) is 4.33. The molecule has 0 aliphatic carbocycles. The molecule has 0 amide bonds. The van der Waals surface area contributed by atoms with Crippen LogP contribution >= 0.6 is 0 Å². The van der Waals surface area contributed by atoms with E-state index in [1.165, 1.54) is 0 Å². The first kappa shape index (κ1) is 10.1. The maximum atomic E-state index is 8.42. The van der Waals surface area contributed by atoms with Crippen molar-refractivity contribution in [3.8, 4) is 6.07 Å². The molecule has 1 aromatic rings. The van der Waals surface area contributed by atoms with Gasteiger partial charge >= 0.3 is 0 Å². The lowest BCUT2D eigenvalue weighted by atomic mass is 10.3. The van der Waals surface area contributed by atoms with Gasteiger partial charge in [-0.3, -0.25) is 0 Å². The lowest BCUT2D eigenvalue weighted by molar-refractivity contribution is 0.886. The monoisotopic (exact) mass is 191 g/mol. The summed E-state index contributed by atoms with van der Waals surface area (Å²) in [5.74, 6) is 1.05. The smallest absolute Gasteiger partial charge is 0.149 e. The summed E-state index contributed by atoms with van der Waals surface area (Å²) < 4.78 is 0. The zero-order valence-corrected chi connectivity index (χ0v) is 8.07. The van der Waals surface area contributed by atoms with Crippen LogP contribution in [-0.4, -0.2) is 18.6 Å². The topological polar surface area (TPSA) is 92.0 Å². The van der Waals surface area contributed by atoms with Crippen LogP contribution in [0.15, 0.2) is 12.1 Å². The Labute approximate surface area is 82.9 Å². The molecule has 5 nitrogen and oxygen atoms in total. The van der Waals surface area contributed by atoms with Gasteiger partial charge in [0.2, 0.25) is 0 Å². The molecule has 1 heterocycles. The Kier molecular flexibility index (Phi) is 3.13. The SMILES string of the molecule is CN(CCC#N)c1ccc(N)c(N)n1. The maximum Gasteiger partial charge on any atom is 0.149 e. The van der Waals surface area contributed by atoms with Crippen LogP contribution in [0.4, 0.5) is 17.3 Å². The molecule has 0 saturated carbocycles. The van der Waals surface area contributed by atoms with Gasteiger partial charge in [0.25, 0.3) is 0 Å². The van der Waals surface area contributed by atoms with E-state index in [1.807, 2.05) is 11.9 Å². The predicted molar refractivity (Wildman–Crippen MR) is 56.6 cm³/mol. The summed E-state index contributed by atoms with van der Waals surface area (Å²) in [7, 11) is 1.86. The second-order valence-corrected chi connectivity index (χ2v) is 2.97. The Balaban J connectivity index is 2.76. The van der Waals surface area contributed by atoms with Gasteiger partial charge in [-0.15, -0.1) is 0 Å². The van der Waals surface area contributed by atoms with E-state index in [-0.39, 0.29) is 0 Å². The van der Waals surface area contributed by atoms with Crippen molar-refractivity contribution in [2.45, 2.75) is 6.42 Å². The first-order valence-corrected chi connectivity index (χ1v) is 4.25. The fourth-order valence-corrected chi connectivity index (χ4v) is 1.02. The first-order chi connectivity index (χ1) is 6.65. The first-order valence-electron chi connectivity index (χ1n) is 4.25. The van der Waals surface area contributed by atoms with Crippen LogP contribution in [-0.2, 0) is 0 Å². The third-order valence-corrected chi connectivity index (χ3v) is 1.89. The van der Waals surface area contributed by atoms with Crippen LogP contribution in [0.1, 0.15) is 6.42 Å². The number of nitrogens with two attached hydrogens (primary N) is 2. The fraction of sp³-hybridized carbons (Fsp3) is 0.333. The quantitative estimate of drug-likeness (QED) is 0.729. The largest absolute Gasteiger partial charge is 0.396 e. The number of nitrogen functional groups attached to an aromatic ring is 2. The molecule has 0 aliphatic heterocycles. The average molecular weight is 191 g/mol. The predicted octanol–water partition coefficient (Wildman–Crippen LogP) is 0.596. The molecule has 0 unspecified atom stereocenters. The molecule has 1 rings (SSSR count). The van der Waals surface area contributed by atoms with Crippen molar-refractivity contribution in [2.75, 3.05) is 30.0 Å². The van der Waals surface area contributed by atoms with Gasteiger partial charge in [-0.2, -0.15) is 5.26 Å². The summed E-state index contributed by atoms with van der Waals surface area (Å²) in [5, 5.41) is 8.42. The van der Waals surface area contributed by atoms with E-state index in [2.05, 4.69) is 11.1 Å². The van der Waals surface area contributed by atoms with Crippen molar-refractivity contribution < 1.29 is 0 Å². The summed E-state index contributed by atoms with van der Waals surface area (Å²) in [4.78, 5) is 5.95. The van der Waals surface area contributed by atoms with Gasteiger partial charge in [-0.05, 0) is 12.1 Å². The van der Waals surface area contributed by atoms with Crippen LogP contribution in [0.25, 0.3) is 0 Å². The van der Waals surface area contributed by atoms with Gasteiger partial charge in [0, 0.05) is 13.6 Å². The summed E-state index contributed by atoms with van der Waals surface area (Å²) in [6.07, 6.45) is 0.461. The number of hydrogen-bond acceptors (Lipinski definition) is 5. The van der Waals surface area contributed by atoms with Gasteiger partial charge in [-0.25, -0.2) is 4.98 Å². The Morgan fingerprint density at radius 3 is 2.79 bits per heavy atom. The fourth-order valence-electron chi connectivity index (χ4n) is 1.02. The van der Waals surface area contributed by atoms with Crippen LogP contribution < -0.4 is 16.4 Å². The van der Waals surface area contributed by atoms with Crippen LogP contribution in [0.2, 0.25) is 0 Å². The molecule has 0 atom stereocenters. The highest BCUT2D eigenvalue weighted by Gasteiger charge is 2.03. The third-order valence-electron chi connectivity index (χ3n) is 1.89. The lowest BCUT2D eigenvalue weighted by Crippen LogP contribution is -2.19. The van der Waals surface area contributed by atoms with Gasteiger partial charge in [0.1, 0.15) is 11.6 Å². The second-order valence-electron chi connectivity index (χ2n) is 2.97. The van der Waals surface area contributed by atoms with Gasteiger partial charge in [0.05, 0.1) is 18.2 Å². The van der Waals surface area contributed by atoms with Crippen molar-refractivity contribution in [3.63, 3.8) is 0 Å². The molecule has 4 N–H and O–H groups in total. The van der Waals surface area contributed by atoms with E-state index in [1.54, 1.807) is 12.1 Å². The number of pyridine rings is 1. The minimum absolute atomic E-state index is 0.325. The third kappa shape index (κ3) is 2.26. The minimum atomic E-state index is 0.325. The van der Waals surface area contributed by atoms with Crippen LogP contribution in [0.5, 0.6) is 0 Å². The van der Waals surface area contributed by atoms with E-state index < -0.39 is 0 Å². The summed E-state index contributed by atoms with van der Waals surface area (Å²) in [6.45, 7) is 0.632. The number of anilines is 3. The summed E-state index contributed by atoms with van der Waals surface area (Å²) in [5.41, 5.74) is 11.6. The molecular weight excluding hydrogens is 178 g/mol.